The van der Waals surface area contributed by atoms with Gasteiger partial charge in [-0.2, -0.15) is 0 Å². The third kappa shape index (κ3) is 7.33. The molecule has 1 N–H and O–H groups in total. The predicted molar refractivity (Wildman–Crippen MR) is 119 cm³/mol. The van der Waals surface area contributed by atoms with Crippen LogP contribution in [-0.4, -0.2) is 34.8 Å². The lowest BCUT2D eigenvalue weighted by atomic mass is 10.1. The van der Waals surface area contributed by atoms with Crippen molar-refractivity contribution in [2.45, 2.75) is 58.9 Å². The van der Waals surface area contributed by atoms with E-state index in [0.717, 1.165) is 38.5 Å². The van der Waals surface area contributed by atoms with Crippen LogP contribution in [0.2, 0.25) is 10.0 Å². The van der Waals surface area contributed by atoms with Crippen LogP contribution in [0.5, 0.6) is 0 Å². The maximum absolute atomic E-state index is 13.0. The summed E-state index contributed by atoms with van der Waals surface area (Å²) in [6.45, 7) is 5.54. The Bertz CT molecular complexity index is 839. The summed E-state index contributed by atoms with van der Waals surface area (Å²) < 4.78 is 5.47. The van der Waals surface area contributed by atoms with Gasteiger partial charge in [0.2, 0.25) is 5.89 Å². The Morgan fingerprint density at radius 1 is 1.07 bits per heavy atom. The fourth-order valence-electron chi connectivity index (χ4n) is 2.94. The fourth-order valence-corrected chi connectivity index (χ4v) is 3.23. The maximum atomic E-state index is 13.0. The van der Waals surface area contributed by atoms with Crippen LogP contribution in [0.1, 0.15) is 79.1 Å². The van der Waals surface area contributed by atoms with Crippen molar-refractivity contribution in [3.05, 3.63) is 51.7 Å². The zero-order valence-electron chi connectivity index (χ0n) is 17.5. The smallest absolute Gasteiger partial charge is 0.273 e. The van der Waals surface area contributed by atoms with Crippen LogP contribution in [0.4, 0.5) is 0 Å². The van der Waals surface area contributed by atoms with Crippen molar-refractivity contribution in [3.8, 4) is 0 Å². The number of hydrogen-bond acceptors (Lipinski definition) is 4. The Morgan fingerprint density at radius 2 is 1.80 bits per heavy atom. The van der Waals surface area contributed by atoms with Crippen LogP contribution in [0.3, 0.4) is 0 Å². The molecule has 1 heterocycles. The number of carbonyl (C=O) groups is 2. The molecule has 0 spiro atoms. The lowest BCUT2D eigenvalue weighted by molar-refractivity contribution is 0.0725. The normalized spacial score (nSPS) is 10.8. The SMILES string of the molecule is CCCCCNC(=O)c1coc(CN(CCCCC)C(=O)c2ccc(Cl)c(Cl)c2)n1. The molecule has 0 radical (unpaired) electrons. The van der Waals surface area contributed by atoms with Gasteiger partial charge in [0.1, 0.15) is 6.26 Å². The lowest BCUT2D eigenvalue weighted by Gasteiger charge is -2.21. The number of halogens is 2. The minimum atomic E-state index is -0.269. The summed E-state index contributed by atoms with van der Waals surface area (Å²) in [5.74, 6) is -0.138. The van der Waals surface area contributed by atoms with Gasteiger partial charge in [0.25, 0.3) is 11.8 Å². The topological polar surface area (TPSA) is 75.4 Å². The molecule has 0 aliphatic carbocycles. The molecule has 2 aromatic rings. The highest BCUT2D eigenvalue weighted by atomic mass is 35.5. The van der Waals surface area contributed by atoms with Crippen molar-refractivity contribution >= 4 is 35.0 Å². The minimum absolute atomic E-state index is 0.173. The largest absolute Gasteiger partial charge is 0.446 e. The predicted octanol–water partition coefficient (Wildman–Crippen LogP) is 5.73. The number of aromatic nitrogens is 1. The molecule has 0 bridgehead atoms. The summed E-state index contributed by atoms with van der Waals surface area (Å²) in [5, 5.41) is 3.56. The number of carbonyl (C=O) groups excluding carboxylic acids is 2. The zero-order valence-corrected chi connectivity index (χ0v) is 19.1. The number of nitrogens with one attached hydrogen (secondary N) is 1. The molecular weight excluding hydrogens is 425 g/mol. The Kier molecular flexibility index (Phi) is 10.2. The number of benzene rings is 1. The second kappa shape index (κ2) is 12.6. The van der Waals surface area contributed by atoms with E-state index in [-0.39, 0.29) is 24.1 Å². The van der Waals surface area contributed by atoms with Crippen LogP contribution in [0.15, 0.2) is 28.9 Å². The molecule has 2 rings (SSSR count). The Hall–Kier alpha value is -2.05. The highest BCUT2D eigenvalue weighted by Crippen LogP contribution is 2.24. The standard InChI is InChI=1S/C22H29Cl2N3O3/c1-3-5-7-11-25-21(28)19-15-30-20(26-19)14-27(12-8-6-4-2)22(29)16-9-10-17(23)18(24)13-16/h9-10,13,15H,3-8,11-12,14H2,1-2H3,(H,25,28). The van der Waals surface area contributed by atoms with Gasteiger partial charge in [-0.25, -0.2) is 4.98 Å². The number of rotatable bonds is 12. The van der Waals surface area contributed by atoms with Gasteiger partial charge >= 0.3 is 0 Å². The van der Waals surface area contributed by atoms with Crippen LogP contribution < -0.4 is 5.32 Å². The lowest BCUT2D eigenvalue weighted by Crippen LogP contribution is -2.32. The molecular formula is C22H29Cl2N3O3. The first-order valence-electron chi connectivity index (χ1n) is 10.4. The Labute approximate surface area is 187 Å². The molecule has 30 heavy (non-hydrogen) atoms. The van der Waals surface area contributed by atoms with E-state index >= 15 is 0 Å². The van der Waals surface area contributed by atoms with Crippen molar-refractivity contribution in [3.63, 3.8) is 0 Å². The van der Waals surface area contributed by atoms with Crippen molar-refractivity contribution in [1.82, 2.24) is 15.2 Å². The third-order valence-corrected chi connectivity index (χ3v) is 5.40. The van der Waals surface area contributed by atoms with Gasteiger partial charge in [-0.3, -0.25) is 9.59 Å². The molecule has 6 nitrogen and oxygen atoms in total. The van der Waals surface area contributed by atoms with Crippen LogP contribution >= 0.6 is 23.2 Å². The minimum Gasteiger partial charge on any atom is -0.446 e. The molecule has 0 unspecified atom stereocenters. The number of unbranched alkanes of at least 4 members (excludes halogenated alkanes) is 4. The molecule has 0 saturated heterocycles. The van der Waals surface area contributed by atoms with Gasteiger partial charge in [0.15, 0.2) is 5.69 Å². The summed E-state index contributed by atoms with van der Waals surface area (Å²) >= 11 is 12.0. The molecule has 2 amide bonds. The molecule has 164 valence electrons. The maximum Gasteiger partial charge on any atom is 0.273 e. The fraction of sp³-hybridized carbons (Fsp3) is 0.500. The van der Waals surface area contributed by atoms with E-state index in [9.17, 15) is 9.59 Å². The van der Waals surface area contributed by atoms with Gasteiger partial charge in [-0.05, 0) is 31.0 Å². The molecule has 1 aromatic carbocycles. The monoisotopic (exact) mass is 453 g/mol. The van der Waals surface area contributed by atoms with E-state index in [2.05, 4.69) is 24.1 Å². The van der Waals surface area contributed by atoms with E-state index in [1.165, 1.54) is 6.26 Å². The van der Waals surface area contributed by atoms with Crippen molar-refractivity contribution in [1.29, 1.82) is 0 Å². The molecule has 8 heteroatoms. The summed E-state index contributed by atoms with van der Waals surface area (Å²) in [5.41, 5.74) is 0.665. The highest BCUT2D eigenvalue weighted by molar-refractivity contribution is 6.42. The van der Waals surface area contributed by atoms with E-state index in [4.69, 9.17) is 27.6 Å². The van der Waals surface area contributed by atoms with Crippen molar-refractivity contribution < 1.29 is 14.0 Å². The first-order valence-corrected chi connectivity index (χ1v) is 11.2. The number of oxazole rings is 1. The Morgan fingerprint density at radius 3 is 2.50 bits per heavy atom. The van der Waals surface area contributed by atoms with Gasteiger partial charge in [0, 0.05) is 18.7 Å². The van der Waals surface area contributed by atoms with Gasteiger partial charge < -0.3 is 14.6 Å². The van der Waals surface area contributed by atoms with Gasteiger partial charge in [0.05, 0.1) is 16.6 Å². The van der Waals surface area contributed by atoms with Crippen LogP contribution in [0, 0.1) is 0 Å². The average molecular weight is 454 g/mol. The highest BCUT2D eigenvalue weighted by Gasteiger charge is 2.20. The second-order valence-corrected chi connectivity index (χ2v) is 7.97. The number of amides is 2. The summed E-state index contributed by atoms with van der Waals surface area (Å²) in [4.78, 5) is 31.1. The summed E-state index contributed by atoms with van der Waals surface area (Å²) in [6.07, 6.45) is 7.31. The van der Waals surface area contributed by atoms with Gasteiger partial charge in [-0.15, -0.1) is 0 Å². The van der Waals surface area contributed by atoms with Crippen molar-refractivity contribution in [2.24, 2.45) is 0 Å². The van der Waals surface area contributed by atoms with Crippen molar-refractivity contribution in [2.75, 3.05) is 13.1 Å². The number of nitrogens with zero attached hydrogens (tertiary/aromatic N) is 2. The first kappa shape index (κ1) is 24.2. The quantitative estimate of drug-likeness (QED) is 0.416. The zero-order chi connectivity index (χ0) is 21.9. The van der Waals surface area contributed by atoms with E-state index in [1.54, 1.807) is 23.1 Å². The van der Waals surface area contributed by atoms with Gasteiger partial charge in [-0.1, -0.05) is 62.7 Å². The molecule has 0 saturated carbocycles. The van der Waals surface area contributed by atoms with Crippen LogP contribution in [0.25, 0.3) is 0 Å². The van der Waals surface area contributed by atoms with Crippen LogP contribution in [-0.2, 0) is 6.54 Å². The number of hydrogen-bond donors (Lipinski definition) is 1. The van der Waals surface area contributed by atoms with E-state index in [1.807, 2.05) is 0 Å². The van der Waals surface area contributed by atoms with E-state index < -0.39 is 0 Å². The average Bonchev–Trinajstić information content (AvgIpc) is 3.20. The third-order valence-electron chi connectivity index (χ3n) is 4.66. The Balaban J connectivity index is 2.07. The summed E-state index contributed by atoms with van der Waals surface area (Å²) in [7, 11) is 0. The molecule has 0 atom stereocenters. The summed E-state index contributed by atoms with van der Waals surface area (Å²) in [6, 6.07) is 4.81. The second-order valence-electron chi connectivity index (χ2n) is 7.15. The molecule has 1 aromatic heterocycles. The van der Waals surface area contributed by atoms with E-state index in [0.29, 0.717) is 34.6 Å². The molecule has 0 fully saturated rings. The molecule has 0 aliphatic heterocycles. The molecule has 0 aliphatic rings. The first-order chi connectivity index (χ1) is 14.5.